The molecule has 5 nitrogen and oxygen atoms in total. The van der Waals surface area contributed by atoms with Crippen LogP contribution < -0.4 is 5.32 Å². The molecule has 2 fully saturated rings. The number of nitrogens with one attached hydrogen (secondary N) is 1. The highest BCUT2D eigenvalue weighted by Crippen LogP contribution is 2.19. The molecule has 0 radical (unpaired) electrons. The zero-order valence-electron chi connectivity index (χ0n) is 10.6. The molecule has 0 aromatic rings. The molecular weight excluding hydrogens is 240 g/mol. The lowest BCUT2D eigenvalue weighted by Crippen LogP contribution is -2.59. The van der Waals surface area contributed by atoms with Gasteiger partial charge in [-0.1, -0.05) is 0 Å². The number of hydrogen-bond donors (Lipinski definition) is 1. The van der Waals surface area contributed by atoms with Crippen molar-refractivity contribution in [2.75, 3.05) is 32.0 Å². The highest BCUT2D eigenvalue weighted by atomic mass is 32.2. The maximum Gasteiger partial charge on any atom is 0.216 e. The summed E-state index contributed by atoms with van der Waals surface area (Å²) in [5.74, 6) is 0.142. The predicted molar refractivity (Wildman–Crippen MR) is 66.4 cm³/mol. The number of rotatable bonds is 3. The lowest BCUT2D eigenvalue weighted by atomic mass is 10.0. The van der Waals surface area contributed by atoms with Crippen molar-refractivity contribution in [1.29, 1.82) is 0 Å². The Morgan fingerprint density at radius 2 is 2.24 bits per heavy atom. The Bertz CT molecular complexity index is 361. The molecule has 1 atom stereocenters. The second-order valence-electron chi connectivity index (χ2n) is 5.56. The van der Waals surface area contributed by atoms with Crippen molar-refractivity contribution < 1.29 is 13.2 Å². The summed E-state index contributed by atoms with van der Waals surface area (Å²) in [5.41, 5.74) is -0.137. The van der Waals surface area contributed by atoms with Crippen LogP contribution in [0.2, 0.25) is 0 Å². The van der Waals surface area contributed by atoms with E-state index in [4.69, 9.17) is 4.74 Å². The van der Waals surface area contributed by atoms with Gasteiger partial charge in [-0.25, -0.2) is 8.42 Å². The second kappa shape index (κ2) is 4.84. The van der Waals surface area contributed by atoms with E-state index in [0.29, 0.717) is 19.7 Å². The number of piperazine rings is 1. The molecule has 2 aliphatic rings. The minimum Gasteiger partial charge on any atom is -0.377 e. The van der Waals surface area contributed by atoms with Crippen molar-refractivity contribution in [2.24, 2.45) is 0 Å². The van der Waals surface area contributed by atoms with Gasteiger partial charge in [-0.05, 0) is 26.7 Å². The first-order valence-corrected chi connectivity index (χ1v) is 7.84. The van der Waals surface area contributed by atoms with Gasteiger partial charge in [0.25, 0.3) is 0 Å². The Kier molecular flexibility index (Phi) is 3.77. The van der Waals surface area contributed by atoms with Gasteiger partial charge in [-0.2, -0.15) is 4.31 Å². The van der Waals surface area contributed by atoms with Gasteiger partial charge < -0.3 is 10.1 Å². The summed E-state index contributed by atoms with van der Waals surface area (Å²) in [5, 5.41) is 3.32. The monoisotopic (exact) mass is 262 g/mol. The molecule has 17 heavy (non-hydrogen) atoms. The highest BCUT2D eigenvalue weighted by molar-refractivity contribution is 7.89. The topological polar surface area (TPSA) is 58.6 Å². The smallest absolute Gasteiger partial charge is 0.216 e. The molecule has 0 aromatic carbocycles. The third-order valence-electron chi connectivity index (χ3n) is 3.35. The van der Waals surface area contributed by atoms with E-state index in [1.807, 2.05) is 13.8 Å². The molecule has 0 aliphatic carbocycles. The summed E-state index contributed by atoms with van der Waals surface area (Å²) in [6.07, 6.45) is 1.75. The zero-order valence-corrected chi connectivity index (χ0v) is 11.4. The van der Waals surface area contributed by atoms with E-state index in [1.165, 1.54) is 0 Å². The average Bonchev–Trinajstić information content (AvgIpc) is 2.68. The molecule has 2 saturated heterocycles. The Balaban J connectivity index is 1.99. The van der Waals surface area contributed by atoms with Gasteiger partial charge >= 0.3 is 0 Å². The minimum atomic E-state index is -3.17. The Morgan fingerprint density at radius 1 is 1.47 bits per heavy atom. The summed E-state index contributed by atoms with van der Waals surface area (Å²) >= 11 is 0. The van der Waals surface area contributed by atoms with Crippen molar-refractivity contribution in [3.8, 4) is 0 Å². The first-order chi connectivity index (χ1) is 7.89. The summed E-state index contributed by atoms with van der Waals surface area (Å²) in [4.78, 5) is 0. The molecule has 0 aromatic heterocycles. The molecule has 0 amide bonds. The fourth-order valence-corrected chi connectivity index (χ4v) is 4.28. The van der Waals surface area contributed by atoms with Crippen LogP contribution in [-0.2, 0) is 14.8 Å². The summed E-state index contributed by atoms with van der Waals surface area (Å²) in [7, 11) is -3.17. The molecule has 2 rings (SSSR count). The number of ether oxygens (including phenoxy) is 1. The normalized spacial score (nSPS) is 30.6. The summed E-state index contributed by atoms with van der Waals surface area (Å²) in [6, 6.07) is 0. The quantitative estimate of drug-likeness (QED) is 0.788. The van der Waals surface area contributed by atoms with Gasteiger partial charge in [0.05, 0.1) is 11.9 Å². The molecule has 0 saturated carbocycles. The van der Waals surface area contributed by atoms with E-state index in [0.717, 1.165) is 19.4 Å². The van der Waals surface area contributed by atoms with Gasteiger partial charge in [0.2, 0.25) is 10.0 Å². The van der Waals surface area contributed by atoms with Crippen LogP contribution in [0, 0.1) is 0 Å². The third kappa shape index (κ3) is 3.40. The van der Waals surface area contributed by atoms with Crippen LogP contribution in [0.25, 0.3) is 0 Å². The molecular formula is C11H22N2O3S. The molecule has 6 heteroatoms. The average molecular weight is 262 g/mol. The summed E-state index contributed by atoms with van der Waals surface area (Å²) in [6.45, 7) is 6.59. The first kappa shape index (κ1) is 13.3. The van der Waals surface area contributed by atoms with Gasteiger partial charge in [0, 0.05) is 31.8 Å². The van der Waals surface area contributed by atoms with Gasteiger partial charge in [0.1, 0.15) is 0 Å². The zero-order chi connectivity index (χ0) is 12.5. The van der Waals surface area contributed by atoms with E-state index >= 15 is 0 Å². The maximum atomic E-state index is 12.2. The van der Waals surface area contributed by atoms with Gasteiger partial charge in [-0.3, -0.25) is 0 Å². The van der Waals surface area contributed by atoms with Gasteiger partial charge in [0.15, 0.2) is 0 Å². The van der Waals surface area contributed by atoms with Crippen molar-refractivity contribution in [3.63, 3.8) is 0 Å². The highest BCUT2D eigenvalue weighted by Gasteiger charge is 2.34. The van der Waals surface area contributed by atoms with Crippen molar-refractivity contribution in [2.45, 2.75) is 38.3 Å². The molecule has 0 spiro atoms. The number of nitrogens with zero attached hydrogens (tertiary/aromatic N) is 1. The Labute approximate surface area is 104 Å². The standard InChI is InChI=1S/C11H22N2O3S/c1-11(2)9-13(6-5-12-11)17(14,15)8-10-4-3-7-16-10/h10,12H,3-9H2,1-2H3. The number of hydrogen-bond acceptors (Lipinski definition) is 4. The van der Waals surface area contributed by atoms with E-state index in [2.05, 4.69) is 5.32 Å². The fraction of sp³-hybridized carbons (Fsp3) is 1.00. The van der Waals surface area contributed by atoms with E-state index < -0.39 is 10.0 Å². The minimum absolute atomic E-state index is 0.0991. The van der Waals surface area contributed by atoms with Crippen LogP contribution in [0.1, 0.15) is 26.7 Å². The van der Waals surface area contributed by atoms with Crippen LogP contribution in [-0.4, -0.2) is 56.4 Å². The van der Waals surface area contributed by atoms with Crippen molar-refractivity contribution >= 4 is 10.0 Å². The van der Waals surface area contributed by atoms with E-state index in [1.54, 1.807) is 4.31 Å². The fourth-order valence-electron chi connectivity index (χ4n) is 2.45. The SMILES string of the molecule is CC1(C)CN(S(=O)(=O)CC2CCCO2)CCN1. The first-order valence-electron chi connectivity index (χ1n) is 6.24. The Morgan fingerprint density at radius 3 is 2.82 bits per heavy atom. The third-order valence-corrected chi connectivity index (χ3v) is 5.24. The van der Waals surface area contributed by atoms with Gasteiger partial charge in [-0.15, -0.1) is 0 Å². The molecule has 0 bridgehead atoms. The van der Waals surface area contributed by atoms with Crippen LogP contribution >= 0.6 is 0 Å². The molecule has 2 aliphatic heterocycles. The number of sulfonamides is 1. The van der Waals surface area contributed by atoms with Crippen LogP contribution in [0.4, 0.5) is 0 Å². The maximum absolute atomic E-state index is 12.2. The van der Waals surface area contributed by atoms with Crippen LogP contribution in [0.15, 0.2) is 0 Å². The van der Waals surface area contributed by atoms with Crippen molar-refractivity contribution in [3.05, 3.63) is 0 Å². The lowest BCUT2D eigenvalue weighted by Gasteiger charge is -2.38. The summed E-state index contributed by atoms with van der Waals surface area (Å²) < 4.78 is 31.5. The van der Waals surface area contributed by atoms with E-state index in [9.17, 15) is 8.42 Å². The van der Waals surface area contributed by atoms with Crippen LogP contribution in [0.3, 0.4) is 0 Å². The molecule has 2 heterocycles. The molecule has 1 unspecified atom stereocenters. The second-order valence-corrected chi connectivity index (χ2v) is 7.57. The predicted octanol–water partition coefficient (Wildman–Crippen LogP) is 0.179. The lowest BCUT2D eigenvalue weighted by molar-refractivity contribution is 0.125. The molecule has 1 N–H and O–H groups in total. The van der Waals surface area contributed by atoms with E-state index in [-0.39, 0.29) is 17.4 Å². The molecule has 100 valence electrons. The Hall–Kier alpha value is -0.170. The van der Waals surface area contributed by atoms with Crippen LogP contribution in [0.5, 0.6) is 0 Å². The van der Waals surface area contributed by atoms with Crippen molar-refractivity contribution in [1.82, 2.24) is 9.62 Å². The largest absolute Gasteiger partial charge is 0.377 e.